The van der Waals surface area contributed by atoms with E-state index in [0.29, 0.717) is 12.6 Å². The van der Waals surface area contributed by atoms with Crippen LogP contribution in [0.3, 0.4) is 0 Å². The number of nitrogens with zero attached hydrogens (tertiary/aromatic N) is 3. The first-order chi connectivity index (χ1) is 15.7. The first kappa shape index (κ1) is 19.6. The van der Waals surface area contributed by atoms with E-state index in [4.69, 9.17) is 4.74 Å². The molecule has 3 aliphatic heterocycles. The Morgan fingerprint density at radius 3 is 3.06 bits per heavy atom. The lowest BCUT2D eigenvalue weighted by molar-refractivity contribution is -0.113. The van der Waals surface area contributed by atoms with Gasteiger partial charge in [-0.15, -0.1) is 0 Å². The Morgan fingerprint density at radius 2 is 2.09 bits per heavy atom. The third-order valence-corrected chi connectivity index (χ3v) is 7.02. The number of aromatic amines is 1. The zero-order chi connectivity index (χ0) is 21.5. The highest BCUT2D eigenvalue weighted by atomic mass is 16.5. The third-order valence-electron chi connectivity index (χ3n) is 7.02. The second-order valence-corrected chi connectivity index (χ2v) is 9.09. The number of aliphatic imine (C=N–C) groups is 1. The van der Waals surface area contributed by atoms with Crippen LogP contribution in [-0.2, 0) is 16.0 Å². The number of carbonyl (C=O) groups excluding carboxylic acids is 1. The van der Waals surface area contributed by atoms with Crippen LogP contribution in [0.5, 0.6) is 0 Å². The molecule has 0 spiro atoms. The molecule has 4 aliphatic rings. The molecule has 6 heteroatoms. The molecule has 1 saturated heterocycles. The Labute approximate surface area is 187 Å². The number of unbranched alkanes of at least 4 members (excludes halogenated alkanes) is 1. The molecule has 1 N–H and O–H groups in total. The molecule has 1 fully saturated rings. The number of allylic oxidation sites excluding steroid dienone is 4. The Bertz CT molecular complexity index is 1170. The average Bonchev–Trinajstić information content (AvgIpc) is 3.22. The summed E-state index contributed by atoms with van der Waals surface area (Å²) in [5.74, 6) is 0.716. The molecule has 1 aromatic carbocycles. The summed E-state index contributed by atoms with van der Waals surface area (Å²) in [7, 11) is 0. The number of nitrogens with one attached hydrogen (secondary N) is 1. The van der Waals surface area contributed by atoms with Crippen molar-refractivity contribution in [3.05, 3.63) is 66.1 Å². The summed E-state index contributed by atoms with van der Waals surface area (Å²) in [6, 6.07) is 7.18. The summed E-state index contributed by atoms with van der Waals surface area (Å²) in [6.45, 7) is 5.14. The molecular weight excluding hydrogens is 400 g/mol. The van der Waals surface area contributed by atoms with Crippen LogP contribution in [0.15, 0.2) is 65.5 Å². The second kappa shape index (κ2) is 8.10. The predicted octanol–water partition coefficient (Wildman–Crippen LogP) is 3.62. The van der Waals surface area contributed by atoms with Crippen molar-refractivity contribution in [1.29, 1.82) is 0 Å². The molecule has 32 heavy (non-hydrogen) atoms. The van der Waals surface area contributed by atoms with Gasteiger partial charge in [-0.1, -0.05) is 18.2 Å². The number of fused-ring (bicyclic) bond motifs is 3. The molecular formula is C26H28N4O2. The van der Waals surface area contributed by atoms with Gasteiger partial charge in [-0.3, -0.25) is 9.69 Å². The summed E-state index contributed by atoms with van der Waals surface area (Å²) in [6.07, 6.45) is 14.8. The molecule has 1 aliphatic carbocycles. The Kier molecular flexibility index (Phi) is 4.95. The zero-order valence-electron chi connectivity index (χ0n) is 18.2. The minimum absolute atomic E-state index is 0.104. The second-order valence-electron chi connectivity index (χ2n) is 9.09. The first-order valence-corrected chi connectivity index (χ1v) is 11.7. The van der Waals surface area contributed by atoms with Crippen molar-refractivity contribution in [2.24, 2.45) is 10.9 Å². The molecule has 0 bridgehead atoms. The molecule has 2 aromatic rings. The van der Waals surface area contributed by atoms with Crippen molar-refractivity contribution in [1.82, 2.24) is 9.88 Å². The highest BCUT2D eigenvalue weighted by Gasteiger charge is 2.32. The summed E-state index contributed by atoms with van der Waals surface area (Å²) in [4.78, 5) is 24.2. The summed E-state index contributed by atoms with van der Waals surface area (Å²) in [5, 5.41) is 1.42. The van der Waals surface area contributed by atoms with E-state index in [1.54, 1.807) is 0 Å². The molecule has 6 rings (SSSR count). The molecule has 0 radical (unpaired) electrons. The lowest BCUT2D eigenvalue weighted by atomic mass is 9.94. The Balaban J connectivity index is 0.979. The van der Waals surface area contributed by atoms with Gasteiger partial charge in [-0.05, 0) is 49.6 Å². The fraction of sp³-hybridized carbons (Fsp3) is 0.385. The van der Waals surface area contributed by atoms with Crippen LogP contribution in [0.4, 0.5) is 5.69 Å². The van der Waals surface area contributed by atoms with E-state index >= 15 is 0 Å². The van der Waals surface area contributed by atoms with Gasteiger partial charge < -0.3 is 14.6 Å². The van der Waals surface area contributed by atoms with E-state index < -0.39 is 0 Å². The van der Waals surface area contributed by atoms with E-state index in [2.05, 4.69) is 44.2 Å². The SMILES string of the molecule is O=C1C=CC2C=CC(OCCCCN3CCN4c5cccc6[nH]cc(c56)CC4C3)=CC2=N1. The highest BCUT2D eigenvalue weighted by molar-refractivity contribution is 6.11. The molecule has 6 nitrogen and oxygen atoms in total. The minimum atomic E-state index is -0.190. The van der Waals surface area contributed by atoms with Gasteiger partial charge in [0.25, 0.3) is 5.91 Å². The zero-order valence-corrected chi connectivity index (χ0v) is 18.2. The number of H-pyrrole nitrogens is 1. The molecule has 1 amide bonds. The van der Waals surface area contributed by atoms with Crippen LogP contribution in [0.25, 0.3) is 10.9 Å². The van der Waals surface area contributed by atoms with Crippen molar-refractivity contribution in [2.75, 3.05) is 37.7 Å². The van der Waals surface area contributed by atoms with E-state index in [1.165, 1.54) is 28.2 Å². The number of hydrogen-bond acceptors (Lipinski definition) is 4. The fourth-order valence-corrected chi connectivity index (χ4v) is 5.43. The fourth-order valence-electron chi connectivity index (χ4n) is 5.43. The number of carbonyl (C=O) groups is 1. The number of amides is 1. The topological polar surface area (TPSA) is 60.9 Å². The van der Waals surface area contributed by atoms with Crippen molar-refractivity contribution in [2.45, 2.75) is 25.3 Å². The van der Waals surface area contributed by atoms with Gasteiger partial charge in [-0.2, -0.15) is 0 Å². The third kappa shape index (κ3) is 3.58. The van der Waals surface area contributed by atoms with Gasteiger partial charge in [0.1, 0.15) is 5.76 Å². The molecule has 0 saturated carbocycles. The van der Waals surface area contributed by atoms with E-state index in [9.17, 15) is 4.79 Å². The van der Waals surface area contributed by atoms with Crippen molar-refractivity contribution >= 4 is 28.2 Å². The lowest BCUT2D eigenvalue weighted by Crippen LogP contribution is -2.55. The standard InChI is InChI=1S/C26H28N4O2/c31-25-9-7-18-6-8-21(15-23(18)28-25)32-13-2-1-10-29-11-12-30-20(17-29)14-19-16-27-22-4-3-5-24(30)26(19)22/h3-9,15-16,18,20,27H,1-2,10-14,17H2. The minimum Gasteiger partial charge on any atom is -0.494 e. The van der Waals surface area contributed by atoms with Gasteiger partial charge in [-0.25, -0.2) is 4.99 Å². The van der Waals surface area contributed by atoms with Crippen LogP contribution >= 0.6 is 0 Å². The summed E-state index contributed by atoms with van der Waals surface area (Å²) < 4.78 is 5.93. The van der Waals surface area contributed by atoms with Gasteiger partial charge in [0, 0.05) is 66.5 Å². The number of anilines is 1. The quantitative estimate of drug-likeness (QED) is 0.714. The summed E-state index contributed by atoms with van der Waals surface area (Å²) >= 11 is 0. The maximum Gasteiger partial charge on any atom is 0.269 e. The lowest BCUT2D eigenvalue weighted by Gasteiger charge is -2.45. The van der Waals surface area contributed by atoms with Crippen LogP contribution in [0.2, 0.25) is 0 Å². The normalized spacial score (nSPS) is 24.2. The number of hydrogen-bond donors (Lipinski definition) is 1. The number of rotatable bonds is 6. The van der Waals surface area contributed by atoms with Gasteiger partial charge in [0.2, 0.25) is 0 Å². The van der Waals surface area contributed by atoms with Gasteiger partial charge in [0.05, 0.1) is 12.3 Å². The molecule has 1 aromatic heterocycles. The van der Waals surface area contributed by atoms with Crippen molar-refractivity contribution < 1.29 is 9.53 Å². The number of piperazine rings is 1. The number of benzene rings is 1. The smallest absolute Gasteiger partial charge is 0.269 e. The number of dihydropyridines is 1. The van der Waals surface area contributed by atoms with Crippen LogP contribution < -0.4 is 4.90 Å². The first-order valence-electron chi connectivity index (χ1n) is 11.7. The van der Waals surface area contributed by atoms with E-state index in [-0.39, 0.29) is 11.8 Å². The monoisotopic (exact) mass is 428 g/mol. The average molecular weight is 429 g/mol. The molecule has 4 heterocycles. The highest BCUT2D eigenvalue weighted by Crippen LogP contribution is 2.37. The van der Waals surface area contributed by atoms with Crippen molar-refractivity contribution in [3.63, 3.8) is 0 Å². The maximum absolute atomic E-state index is 11.5. The molecule has 2 unspecified atom stereocenters. The maximum atomic E-state index is 11.5. The molecule has 2 atom stereocenters. The Hall–Kier alpha value is -3.12. The van der Waals surface area contributed by atoms with Crippen LogP contribution in [0, 0.1) is 5.92 Å². The molecule has 164 valence electrons. The van der Waals surface area contributed by atoms with Crippen molar-refractivity contribution in [3.8, 4) is 0 Å². The number of aromatic nitrogens is 1. The largest absolute Gasteiger partial charge is 0.494 e. The van der Waals surface area contributed by atoms with E-state index in [1.807, 2.05) is 24.3 Å². The van der Waals surface area contributed by atoms with Crippen LogP contribution in [0.1, 0.15) is 18.4 Å². The van der Waals surface area contributed by atoms with Crippen LogP contribution in [-0.4, -0.2) is 60.3 Å². The van der Waals surface area contributed by atoms with E-state index in [0.717, 1.165) is 56.9 Å². The van der Waals surface area contributed by atoms with Gasteiger partial charge in [0.15, 0.2) is 0 Å². The predicted molar refractivity (Wildman–Crippen MR) is 127 cm³/mol. The Morgan fingerprint density at radius 1 is 1.16 bits per heavy atom. The summed E-state index contributed by atoms with van der Waals surface area (Å²) in [5.41, 5.74) is 4.90. The van der Waals surface area contributed by atoms with Gasteiger partial charge >= 0.3 is 0 Å². The number of ether oxygens (including phenoxy) is 1.